The molecule has 2 aromatic rings. The Hall–Kier alpha value is -3.36. The van der Waals surface area contributed by atoms with E-state index in [1.165, 1.54) is 19.1 Å². The fourth-order valence-corrected chi connectivity index (χ4v) is 3.46. The SMILES string of the molecule is C=C1CN(C(=O)C(C)(N)CO)CCN1/C(Nc1ccc(C)cc1)=C(\N)c1ccc(F)cc1. The fraction of sp³-hybridized carbons (Fsp3) is 0.292. The second-order valence-electron chi connectivity index (χ2n) is 8.28. The van der Waals surface area contributed by atoms with Crippen molar-refractivity contribution in [2.75, 3.05) is 31.6 Å². The first kappa shape index (κ1) is 23.3. The van der Waals surface area contributed by atoms with Gasteiger partial charge >= 0.3 is 0 Å². The van der Waals surface area contributed by atoms with Crippen LogP contribution in [0.5, 0.6) is 0 Å². The van der Waals surface area contributed by atoms with Crippen LogP contribution in [-0.4, -0.2) is 52.6 Å². The lowest BCUT2D eigenvalue weighted by atomic mass is 10.0. The zero-order valence-corrected chi connectivity index (χ0v) is 18.4. The highest BCUT2D eigenvalue weighted by Crippen LogP contribution is 2.26. The van der Waals surface area contributed by atoms with Crippen molar-refractivity contribution in [3.8, 4) is 0 Å². The maximum Gasteiger partial charge on any atom is 0.245 e. The normalized spacial score (nSPS) is 17.0. The second-order valence-corrected chi connectivity index (χ2v) is 8.28. The predicted octanol–water partition coefficient (Wildman–Crippen LogP) is 2.20. The van der Waals surface area contributed by atoms with Gasteiger partial charge < -0.3 is 31.7 Å². The molecule has 170 valence electrons. The molecule has 0 radical (unpaired) electrons. The van der Waals surface area contributed by atoms with E-state index >= 15 is 0 Å². The Morgan fingerprint density at radius 3 is 2.38 bits per heavy atom. The van der Waals surface area contributed by atoms with E-state index in [0.29, 0.717) is 35.9 Å². The van der Waals surface area contributed by atoms with Gasteiger partial charge in [0.1, 0.15) is 17.2 Å². The van der Waals surface area contributed by atoms with Gasteiger partial charge in [0.2, 0.25) is 5.91 Å². The third kappa shape index (κ3) is 5.09. The number of carbonyl (C=O) groups excluding carboxylic acids is 1. The van der Waals surface area contributed by atoms with Crippen LogP contribution in [0.1, 0.15) is 18.1 Å². The maximum atomic E-state index is 13.4. The molecule has 6 N–H and O–H groups in total. The van der Waals surface area contributed by atoms with Crippen LogP contribution in [0.15, 0.2) is 66.6 Å². The number of piperazine rings is 1. The molecular weight excluding hydrogens is 409 g/mol. The molecule has 1 atom stereocenters. The summed E-state index contributed by atoms with van der Waals surface area (Å²) in [6.45, 7) is 8.23. The highest BCUT2D eigenvalue weighted by molar-refractivity contribution is 5.86. The number of nitrogens with zero attached hydrogens (tertiary/aromatic N) is 2. The molecule has 1 unspecified atom stereocenters. The van der Waals surface area contributed by atoms with E-state index in [1.54, 1.807) is 17.0 Å². The maximum absolute atomic E-state index is 13.4. The molecule has 1 aliphatic rings. The monoisotopic (exact) mass is 439 g/mol. The van der Waals surface area contributed by atoms with Gasteiger partial charge in [0.05, 0.1) is 18.8 Å². The highest BCUT2D eigenvalue weighted by Gasteiger charge is 2.35. The van der Waals surface area contributed by atoms with E-state index in [4.69, 9.17) is 11.5 Å². The van der Waals surface area contributed by atoms with E-state index in [-0.39, 0.29) is 18.3 Å². The average Bonchev–Trinajstić information content (AvgIpc) is 2.78. The first-order valence-electron chi connectivity index (χ1n) is 10.4. The Morgan fingerprint density at radius 1 is 1.19 bits per heavy atom. The zero-order chi connectivity index (χ0) is 23.5. The van der Waals surface area contributed by atoms with Gasteiger partial charge in [0.25, 0.3) is 0 Å². The molecule has 0 spiro atoms. The van der Waals surface area contributed by atoms with Crippen LogP contribution in [0.4, 0.5) is 10.1 Å². The number of aliphatic hydroxyl groups is 1. The smallest absolute Gasteiger partial charge is 0.245 e. The Kier molecular flexibility index (Phi) is 6.86. The highest BCUT2D eigenvalue weighted by atomic mass is 19.1. The molecule has 1 aliphatic heterocycles. The van der Waals surface area contributed by atoms with Gasteiger partial charge in [-0.2, -0.15) is 0 Å². The summed E-state index contributed by atoms with van der Waals surface area (Å²) in [5, 5.41) is 12.8. The third-order valence-electron chi connectivity index (χ3n) is 5.45. The number of amides is 1. The van der Waals surface area contributed by atoms with Crippen molar-refractivity contribution in [2.45, 2.75) is 19.4 Å². The van der Waals surface area contributed by atoms with Crippen LogP contribution < -0.4 is 16.8 Å². The number of benzene rings is 2. The van der Waals surface area contributed by atoms with Crippen LogP contribution in [0.25, 0.3) is 5.70 Å². The number of hydrogen-bond donors (Lipinski definition) is 4. The van der Waals surface area contributed by atoms with E-state index < -0.39 is 12.1 Å². The van der Waals surface area contributed by atoms with Crippen LogP contribution >= 0.6 is 0 Å². The minimum absolute atomic E-state index is 0.237. The number of halogens is 1. The average molecular weight is 440 g/mol. The van der Waals surface area contributed by atoms with Crippen molar-refractivity contribution < 1.29 is 14.3 Å². The summed E-state index contributed by atoms with van der Waals surface area (Å²) in [7, 11) is 0. The van der Waals surface area contributed by atoms with Crippen LogP contribution in [0.3, 0.4) is 0 Å². The molecule has 0 bridgehead atoms. The van der Waals surface area contributed by atoms with Crippen LogP contribution in [0, 0.1) is 12.7 Å². The molecule has 1 amide bonds. The lowest BCUT2D eigenvalue weighted by Crippen LogP contribution is -2.59. The van der Waals surface area contributed by atoms with Crippen molar-refractivity contribution in [1.29, 1.82) is 0 Å². The number of nitrogens with one attached hydrogen (secondary N) is 1. The van der Waals surface area contributed by atoms with E-state index in [0.717, 1.165) is 11.3 Å². The topological polar surface area (TPSA) is 108 Å². The summed E-state index contributed by atoms with van der Waals surface area (Å²) >= 11 is 0. The molecule has 1 fully saturated rings. The van der Waals surface area contributed by atoms with Gasteiger partial charge in [-0.25, -0.2) is 4.39 Å². The van der Waals surface area contributed by atoms with Gasteiger partial charge in [0.15, 0.2) is 0 Å². The quantitative estimate of drug-likeness (QED) is 0.550. The van der Waals surface area contributed by atoms with E-state index in [1.807, 2.05) is 36.1 Å². The van der Waals surface area contributed by atoms with Gasteiger partial charge in [-0.05, 0) is 50.2 Å². The molecule has 8 heteroatoms. The van der Waals surface area contributed by atoms with E-state index in [9.17, 15) is 14.3 Å². The summed E-state index contributed by atoms with van der Waals surface area (Å²) in [6.07, 6.45) is 0. The number of anilines is 1. The number of carbonyl (C=O) groups is 1. The van der Waals surface area contributed by atoms with Crippen molar-refractivity contribution in [3.63, 3.8) is 0 Å². The molecule has 0 aliphatic carbocycles. The van der Waals surface area contributed by atoms with Gasteiger partial charge in [-0.15, -0.1) is 0 Å². The number of aliphatic hydroxyl groups excluding tert-OH is 1. The lowest BCUT2D eigenvalue weighted by molar-refractivity contribution is -0.138. The summed E-state index contributed by atoms with van der Waals surface area (Å²) in [5.41, 5.74) is 14.8. The Morgan fingerprint density at radius 2 is 1.81 bits per heavy atom. The molecule has 1 saturated heterocycles. The molecule has 2 aromatic carbocycles. The second kappa shape index (κ2) is 9.42. The van der Waals surface area contributed by atoms with Crippen molar-refractivity contribution in [2.24, 2.45) is 11.5 Å². The largest absolute Gasteiger partial charge is 0.395 e. The minimum Gasteiger partial charge on any atom is -0.395 e. The summed E-state index contributed by atoms with van der Waals surface area (Å²) < 4.78 is 13.4. The molecular formula is C24H30FN5O2. The standard InChI is InChI=1S/C24H30FN5O2/c1-16-4-10-20(11-5-16)28-22(21(26)18-6-8-19(25)9-7-18)30-13-12-29(14-17(30)2)23(32)24(3,27)15-31/h4-11,28,31H,2,12-15,26-27H2,1,3H3/b22-21-. The van der Waals surface area contributed by atoms with Crippen molar-refractivity contribution in [1.82, 2.24) is 9.80 Å². The minimum atomic E-state index is -1.35. The lowest BCUT2D eigenvalue weighted by Gasteiger charge is -2.41. The first-order valence-corrected chi connectivity index (χ1v) is 10.4. The summed E-state index contributed by atoms with van der Waals surface area (Å²) in [6, 6.07) is 13.8. The van der Waals surface area contributed by atoms with E-state index in [2.05, 4.69) is 11.9 Å². The summed E-state index contributed by atoms with van der Waals surface area (Å²) in [5.74, 6) is -0.0978. The van der Waals surface area contributed by atoms with Crippen LogP contribution in [-0.2, 0) is 4.79 Å². The molecule has 0 saturated carbocycles. The molecule has 3 rings (SSSR count). The zero-order valence-electron chi connectivity index (χ0n) is 18.4. The van der Waals surface area contributed by atoms with Gasteiger partial charge in [-0.1, -0.05) is 24.3 Å². The molecule has 0 aromatic heterocycles. The third-order valence-corrected chi connectivity index (χ3v) is 5.45. The Balaban J connectivity index is 1.92. The van der Waals surface area contributed by atoms with Crippen LogP contribution in [0.2, 0.25) is 0 Å². The predicted molar refractivity (Wildman–Crippen MR) is 124 cm³/mol. The van der Waals surface area contributed by atoms with Gasteiger partial charge in [0, 0.05) is 30.0 Å². The number of aryl methyl sites for hydroxylation is 1. The Bertz CT molecular complexity index is 1020. The number of hydrogen-bond acceptors (Lipinski definition) is 6. The number of rotatable bonds is 6. The van der Waals surface area contributed by atoms with Crippen molar-refractivity contribution in [3.05, 3.63) is 83.6 Å². The first-order chi connectivity index (χ1) is 15.1. The number of nitrogens with two attached hydrogens (primary N) is 2. The van der Waals surface area contributed by atoms with Gasteiger partial charge in [-0.3, -0.25) is 4.79 Å². The fourth-order valence-electron chi connectivity index (χ4n) is 3.46. The molecule has 32 heavy (non-hydrogen) atoms. The summed E-state index contributed by atoms with van der Waals surface area (Å²) in [4.78, 5) is 16.2. The Labute approximate surface area is 187 Å². The molecule has 7 nitrogen and oxygen atoms in total. The van der Waals surface area contributed by atoms with Crippen molar-refractivity contribution >= 4 is 17.3 Å². The molecule has 1 heterocycles.